The summed E-state index contributed by atoms with van der Waals surface area (Å²) in [7, 11) is -5.32. The van der Waals surface area contributed by atoms with Crippen molar-refractivity contribution in [1.29, 1.82) is 0 Å². The van der Waals surface area contributed by atoms with Crippen LogP contribution in [0.25, 0.3) is 0 Å². The molecule has 5 N–H and O–H groups in total. The first-order valence-corrected chi connectivity index (χ1v) is 7.78. The van der Waals surface area contributed by atoms with Gasteiger partial charge in [0.25, 0.3) is 0 Å². The molecule has 0 aromatic carbocycles. The van der Waals surface area contributed by atoms with E-state index in [9.17, 15) is 18.9 Å². The molecule has 0 rings (SSSR count). The van der Waals surface area contributed by atoms with E-state index in [0.717, 1.165) is 0 Å². The van der Waals surface area contributed by atoms with Crippen LogP contribution >= 0.6 is 7.60 Å². The summed E-state index contributed by atoms with van der Waals surface area (Å²) in [5.41, 5.74) is 0. The second-order valence-electron chi connectivity index (χ2n) is 4.35. The highest BCUT2D eigenvalue weighted by molar-refractivity contribution is 7.54. The minimum absolute atomic E-state index is 0.856. The number of hydrogen-bond acceptors (Lipinski definition) is 4. The molecule has 0 saturated carbocycles. The van der Waals surface area contributed by atoms with E-state index < -0.39 is 49.9 Å². The number of hydrogen-bond donors (Lipinski definition) is 5. The average molecular weight is 328 g/mol. The van der Waals surface area contributed by atoms with Crippen LogP contribution < -0.4 is 0 Å². The van der Waals surface area contributed by atoms with Crippen molar-refractivity contribution in [3.63, 3.8) is 0 Å². The zero-order valence-electron chi connectivity index (χ0n) is 11.9. The van der Waals surface area contributed by atoms with Gasteiger partial charge in [-0.25, -0.2) is 0 Å². The fraction of sp³-hybridized carbons (Fsp3) is 0.727. The summed E-state index contributed by atoms with van der Waals surface area (Å²) in [5.74, 6) is -5.25. The minimum atomic E-state index is -5.32. The molecule has 9 nitrogen and oxygen atoms in total. The molecule has 1 atom stereocenters. The van der Waals surface area contributed by atoms with Crippen molar-refractivity contribution in [3.05, 3.63) is 0 Å². The Hall–Kier alpha value is -1.44. The minimum Gasteiger partial charge on any atom is -0.481 e. The Morgan fingerprint density at radius 2 is 1.38 bits per heavy atom. The first kappa shape index (κ1) is 21.9. The van der Waals surface area contributed by atoms with Crippen LogP contribution in [-0.2, 0) is 18.9 Å². The lowest BCUT2D eigenvalue weighted by Crippen LogP contribution is -2.41. The van der Waals surface area contributed by atoms with E-state index in [2.05, 4.69) is 13.8 Å². The van der Waals surface area contributed by atoms with Crippen LogP contribution in [0.4, 0.5) is 0 Å². The Balaban J connectivity index is 0. The molecule has 0 amide bonds. The molecule has 0 aliphatic carbocycles. The number of carboxylic acids is 3. The van der Waals surface area contributed by atoms with Crippen molar-refractivity contribution < 1.29 is 44.1 Å². The Morgan fingerprint density at radius 1 is 0.952 bits per heavy atom. The molecule has 1 unspecified atom stereocenters. The Labute approximate surface area is 121 Å². The highest BCUT2D eigenvalue weighted by Crippen LogP contribution is 2.55. The maximum Gasteiger partial charge on any atom is 0.343 e. The van der Waals surface area contributed by atoms with E-state index in [0.29, 0.717) is 0 Å². The summed E-state index contributed by atoms with van der Waals surface area (Å²) in [5, 5.41) is 22.7. The SMILES string of the molecule is CCCC.O=C(O)CCC(CC(=O)O)(C(=O)O)P(=O)(O)O. The van der Waals surface area contributed by atoms with Crippen LogP contribution in [-0.4, -0.2) is 48.2 Å². The zero-order valence-corrected chi connectivity index (χ0v) is 12.7. The molecule has 0 radical (unpaired) electrons. The third-order valence-electron chi connectivity index (χ3n) is 2.65. The topological polar surface area (TPSA) is 169 Å². The molecule has 0 aliphatic heterocycles. The summed E-state index contributed by atoms with van der Waals surface area (Å²) >= 11 is 0. The van der Waals surface area contributed by atoms with Gasteiger partial charge >= 0.3 is 25.5 Å². The van der Waals surface area contributed by atoms with Gasteiger partial charge < -0.3 is 25.1 Å². The van der Waals surface area contributed by atoms with Crippen molar-refractivity contribution in [2.45, 2.75) is 51.1 Å². The standard InChI is InChI=1S/C7H11O9P.C4H10/c8-4(9)1-2-7(6(12)13,3-5(10)11)17(14,15)16;1-3-4-2/h1-3H2,(H,8,9)(H,10,11)(H,12,13)(H2,14,15,16);3-4H2,1-2H3. The number of aliphatic carboxylic acids is 3. The molecule has 0 aromatic rings. The maximum absolute atomic E-state index is 11.1. The van der Waals surface area contributed by atoms with E-state index in [1.165, 1.54) is 12.8 Å². The molecule has 0 aliphatic rings. The van der Waals surface area contributed by atoms with Crippen LogP contribution in [0.15, 0.2) is 0 Å². The summed E-state index contributed by atoms with van der Waals surface area (Å²) in [6, 6.07) is 0. The van der Waals surface area contributed by atoms with Crippen LogP contribution in [0, 0.1) is 0 Å². The van der Waals surface area contributed by atoms with Gasteiger partial charge in [0.1, 0.15) is 0 Å². The smallest absolute Gasteiger partial charge is 0.343 e. The van der Waals surface area contributed by atoms with E-state index in [-0.39, 0.29) is 0 Å². The second kappa shape index (κ2) is 9.49. The summed E-state index contributed by atoms with van der Waals surface area (Å²) in [4.78, 5) is 49.5. The van der Waals surface area contributed by atoms with E-state index in [1.807, 2.05) is 0 Å². The van der Waals surface area contributed by atoms with Gasteiger partial charge in [-0.05, 0) is 6.42 Å². The fourth-order valence-electron chi connectivity index (χ4n) is 1.21. The van der Waals surface area contributed by atoms with Crippen LogP contribution in [0.2, 0.25) is 0 Å². The molecule has 0 fully saturated rings. The Bertz CT molecular complexity index is 412. The number of carbonyl (C=O) groups is 3. The fourth-order valence-corrected chi connectivity index (χ4v) is 2.20. The van der Waals surface area contributed by atoms with Crippen molar-refractivity contribution in [1.82, 2.24) is 0 Å². The van der Waals surface area contributed by atoms with Gasteiger partial charge in [0.05, 0.1) is 6.42 Å². The predicted molar refractivity (Wildman–Crippen MR) is 72.1 cm³/mol. The summed E-state index contributed by atoms with van der Waals surface area (Å²) < 4.78 is 11.1. The number of carboxylic acid groups (broad SMARTS) is 3. The van der Waals surface area contributed by atoms with Crippen molar-refractivity contribution in [2.24, 2.45) is 0 Å². The highest BCUT2D eigenvalue weighted by atomic mass is 31.2. The molecule has 0 saturated heterocycles. The van der Waals surface area contributed by atoms with Crippen LogP contribution in [0.1, 0.15) is 46.0 Å². The predicted octanol–water partition coefficient (Wildman–Crippen LogP) is 1.13. The van der Waals surface area contributed by atoms with Gasteiger partial charge in [-0.3, -0.25) is 18.9 Å². The maximum atomic E-state index is 11.1. The van der Waals surface area contributed by atoms with Crippen LogP contribution in [0.5, 0.6) is 0 Å². The van der Waals surface area contributed by atoms with Crippen molar-refractivity contribution in [2.75, 3.05) is 0 Å². The quantitative estimate of drug-likeness (QED) is 0.410. The van der Waals surface area contributed by atoms with E-state index >= 15 is 0 Å². The molecule has 0 spiro atoms. The molecule has 0 heterocycles. The largest absolute Gasteiger partial charge is 0.481 e. The second-order valence-corrected chi connectivity index (χ2v) is 6.29. The third kappa shape index (κ3) is 7.79. The molecular weight excluding hydrogens is 307 g/mol. The molecular formula is C11H21O9P. The number of unbranched alkanes of at least 4 members (excludes halogenated alkanes) is 1. The monoisotopic (exact) mass is 328 g/mol. The third-order valence-corrected chi connectivity index (χ3v) is 4.34. The van der Waals surface area contributed by atoms with Gasteiger partial charge in [-0.15, -0.1) is 0 Å². The number of rotatable bonds is 8. The first-order chi connectivity index (χ1) is 9.44. The van der Waals surface area contributed by atoms with Crippen molar-refractivity contribution in [3.8, 4) is 0 Å². The van der Waals surface area contributed by atoms with Gasteiger partial charge in [0.2, 0.25) is 0 Å². The molecule has 124 valence electrons. The van der Waals surface area contributed by atoms with Gasteiger partial charge in [-0.2, -0.15) is 0 Å². The van der Waals surface area contributed by atoms with Crippen LogP contribution in [0.3, 0.4) is 0 Å². The van der Waals surface area contributed by atoms with Crippen molar-refractivity contribution >= 4 is 25.5 Å². The van der Waals surface area contributed by atoms with Gasteiger partial charge in [0, 0.05) is 6.42 Å². The lowest BCUT2D eigenvalue weighted by molar-refractivity contribution is -0.148. The summed E-state index contributed by atoms with van der Waals surface area (Å²) in [6.45, 7) is 4.36. The summed E-state index contributed by atoms with van der Waals surface area (Å²) in [6.07, 6.45) is -0.529. The normalized spacial score (nSPS) is 13.5. The Morgan fingerprint density at radius 3 is 1.57 bits per heavy atom. The molecule has 21 heavy (non-hydrogen) atoms. The molecule has 10 heteroatoms. The van der Waals surface area contributed by atoms with Gasteiger partial charge in [-0.1, -0.05) is 26.7 Å². The average Bonchev–Trinajstić information content (AvgIpc) is 2.32. The van der Waals surface area contributed by atoms with Gasteiger partial charge in [0.15, 0.2) is 5.16 Å². The molecule has 0 bridgehead atoms. The van der Waals surface area contributed by atoms with E-state index in [4.69, 9.17) is 25.1 Å². The molecule has 0 aromatic heterocycles. The van der Waals surface area contributed by atoms with E-state index in [1.54, 1.807) is 0 Å². The highest BCUT2D eigenvalue weighted by Gasteiger charge is 2.55. The lowest BCUT2D eigenvalue weighted by Gasteiger charge is -2.27. The Kier molecular flexibility index (Phi) is 9.87. The first-order valence-electron chi connectivity index (χ1n) is 6.17. The zero-order chi connectivity index (χ0) is 17.3. The lowest BCUT2D eigenvalue weighted by atomic mass is 9.98.